The van der Waals surface area contributed by atoms with Crippen LogP contribution in [0.1, 0.15) is 29.0 Å². The molecule has 1 saturated heterocycles. The van der Waals surface area contributed by atoms with Gasteiger partial charge in [0.05, 0.1) is 7.11 Å². The maximum absolute atomic E-state index is 12.5. The smallest absolute Gasteiger partial charge is 0.253 e. The fourth-order valence-electron chi connectivity index (χ4n) is 3.01. The molecule has 0 atom stereocenters. The van der Waals surface area contributed by atoms with E-state index in [0.29, 0.717) is 5.92 Å². The van der Waals surface area contributed by atoms with Crippen LogP contribution in [0.4, 0.5) is 0 Å². The first-order chi connectivity index (χ1) is 11.2. The molecule has 6 heteroatoms. The van der Waals surface area contributed by atoms with Crippen molar-refractivity contribution in [3.8, 4) is 5.75 Å². The summed E-state index contributed by atoms with van der Waals surface area (Å²) in [5.41, 5.74) is 0.720. The zero-order valence-corrected chi connectivity index (χ0v) is 13.6. The third kappa shape index (κ3) is 3.52. The van der Waals surface area contributed by atoms with E-state index < -0.39 is 0 Å². The van der Waals surface area contributed by atoms with Crippen molar-refractivity contribution < 1.29 is 9.53 Å². The van der Waals surface area contributed by atoms with Crippen LogP contribution in [0, 0.1) is 5.92 Å². The molecule has 0 radical (unpaired) electrons. The highest BCUT2D eigenvalue weighted by molar-refractivity contribution is 5.94. The van der Waals surface area contributed by atoms with Gasteiger partial charge in [-0.15, -0.1) is 10.2 Å². The molecule has 1 aliphatic rings. The lowest BCUT2D eigenvalue weighted by atomic mass is 9.93. The maximum atomic E-state index is 12.5. The van der Waals surface area contributed by atoms with Crippen molar-refractivity contribution in [1.82, 2.24) is 19.7 Å². The Balaban J connectivity index is 1.55. The number of ether oxygens (including phenoxy) is 1. The fourth-order valence-corrected chi connectivity index (χ4v) is 3.01. The number of piperidine rings is 1. The zero-order valence-electron chi connectivity index (χ0n) is 13.6. The van der Waals surface area contributed by atoms with Crippen molar-refractivity contribution in [2.45, 2.75) is 19.3 Å². The number of aromatic nitrogens is 3. The van der Waals surface area contributed by atoms with Crippen molar-refractivity contribution in [1.29, 1.82) is 0 Å². The minimum atomic E-state index is 0.102. The van der Waals surface area contributed by atoms with Gasteiger partial charge in [0.15, 0.2) is 0 Å². The van der Waals surface area contributed by atoms with Crippen LogP contribution < -0.4 is 4.74 Å². The third-order valence-corrected chi connectivity index (χ3v) is 4.52. The molecule has 1 fully saturated rings. The Hall–Kier alpha value is -2.37. The van der Waals surface area contributed by atoms with Gasteiger partial charge in [0, 0.05) is 32.1 Å². The van der Waals surface area contributed by atoms with E-state index in [-0.39, 0.29) is 5.91 Å². The molecular weight excluding hydrogens is 292 g/mol. The van der Waals surface area contributed by atoms with E-state index in [0.717, 1.165) is 49.5 Å². The Labute approximate surface area is 136 Å². The Kier molecular flexibility index (Phi) is 4.60. The molecule has 0 bridgehead atoms. The van der Waals surface area contributed by atoms with Crippen LogP contribution in [-0.2, 0) is 13.5 Å². The van der Waals surface area contributed by atoms with Gasteiger partial charge in [-0.1, -0.05) is 0 Å². The van der Waals surface area contributed by atoms with Gasteiger partial charge in [-0.2, -0.15) is 0 Å². The first-order valence-electron chi connectivity index (χ1n) is 7.93. The molecule has 0 saturated carbocycles. The number of aryl methyl sites for hydroxylation is 1. The van der Waals surface area contributed by atoms with Crippen molar-refractivity contribution in [3.63, 3.8) is 0 Å². The Bertz CT molecular complexity index is 657. The molecule has 6 nitrogen and oxygen atoms in total. The number of likely N-dealkylation sites (tertiary alicyclic amines) is 1. The molecule has 0 spiro atoms. The topological polar surface area (TPSA) is 60.2 Å². The minimum absolute atomic E-state index is 0.102. The number of nitrogens with zero attached hydrogens (tertiary/aromatic N) is 4. The summed E-state index contributed by atoms with van der Waals surface area (Å²) in [6.45, 7) is 1.60. The minimum Gasteiger partial charge on any atom is -0.497 e. The van der Waals surface area contributed by atoms with Crippen LogP contribution in [0.25, 0.3) is 0 Å². The van der Waals surface area contributed by atoms with Crippen LogP contribution in [0.15, 0.2) is 30.6 Å². The molecule has 122 valence electrons. The summed E-state index contributed by atoms with van der Waals surface area (Å²) in [5, 5.41) is 8.07. The Morgan fingerprint density at radius 2 is 1.96 bits per heavy atom. The molecule has 1 aromatic carbocycles. The Morgan fingerprint density at radius 1 is 1.26 bits per heavy atom. The Morgan fingerprint density at radius 3 is 2.52 bits per heavy atom. The van der Waals surface area contributed by atoms with Gasteiger partial charge in [0.1, 0.15) is 17.9 Å². The van der Waals surface area contributed by atoms with Crippen LogP contribution in [-0.4, -0.2) is 45.8 Å². The van der Waals surface area contributed by atoms with Crippen LogP contribution >= 0.6 is 0 Å². The lowest BCUT2D eigenvalue weighted by Crippen LogP contribution is -2.39. The predicted molar refractivity (Wildman–Crippen MR) is 86.3 cm³/mol. The standard InChI is InChI=1S/C17H22N4O2/c1-20-12-18-19-16(20)11-13-7-9-21(10-8-13)17(22)14-3-5-15(23-2)6-4-14/h3-6,12-13H,7-11H2,1-2H3. The number of hydrogen-bond acceptors (Lipinski definition) is 4. The molecule has 23 heavy (non-hydrogen) atoms. The summed E-state index contributed by atoms with van der Waals surface area (Å²) >= 11 is 0. The first kappa shape index (κ1) is 15.5. The number of hydrogen-bond donors (Lipinski definition) is 0. The van der Waals surface area contributed by atoms with Gasteiger partial charge in [0.2, 0.25) is 0 Å². The number of carbonyl (C=O) groups excluding carboxylic acids is 1. The normalized spacial score (nSPS) is 15.7. The average molecular weight is 314 g/mol. The van der Waals surface area contributed by atoms with E-state index >= 15 is 0 Å². The first-order valence-corrected chi connectivity index (χ1v) is 7.93. The fraction of sp³-hybridized carbons (Fsp3) is 0.471. The second kappa shape index (κ2) is 6.81. The summed E-state index contributed by atoms with van der Waals surface area (Å²) in [7, 11) is 3.59. The highest BCUT2D eigenvalue weighted by Gasteiger charge is 2.24. The summed E-state index contributed by atoms with van der Waals surface area (Å²) in [6.07, 6.45) is 4.68. The van der Waals surface area contributed by atoms with E-state index in [1.807, 2.05) is 40.8 Å². The molecule has 1 aliphatic heterocycles. The number of carbonyl (C=O) groups is 1. The quantitative estimate of drug-likeness (QED) is 0.865. The third-order valence-electron chi connectivity index (χ3n) is 4.52. The maximum Gasteiger partial charge on any atom is 0.253 e. The van der Waals surface area contributed by atoms with E-state index in [2.05, 4.69) is 10.2 Å². The molecule has 2 aromatic rings. The van der Waals surface area contributed by atoms with Crippen molar-refractivity contribution in [2.75, 3.05) is 20.2 Å². The van der Waals surface area contributed by atoms with Gasteiger partial charge < -0.3 is 14.2 Å². The van der Waals surface area contributed by atoms with E-state index in [9.17, 15) is 4.79 Å². The SMILES string of the molecule is COc1ccc(C(=O)N2CCC(Cc3nncn3C)CC2)cc1. The average Bonchev–Trinajstić information content (AvgIpc) is 3.00. The molecule has 0 unspecified atom stereocenters. The number of rotatable bonds is 4. The lowest BCUT2D eigenvalue weighted by molar-refractivity contribution is 0.0689. The second-order valence-corrected chi connectivity index (χ2v) is 6.03. The lowest BCUT2D eigenvalue weighted by Gasteiger charge is -2.32. The molecule has 2 heterocycles. The van der Waals surface area contributed by atoms with E-state index in [4.69, 9.17) is 4.74 Å². The number of benzene rings is 1. The zero-order chi connectivity index (χ0) is 16.2. The molecular formula is C17H22N4O2. The monoisotopic (exact) mass is 314 g/mol. The van der Waals surface area contributed by atoms with E-state index in [1.165, 1.54) is 0 Å². The highest BCUT2D eigenvalue weighted by atomic mass is 16.5. The van der Waals surface area contributed by atoms with Gasteiger partial charge in [-0.3, -0.25) is 4.79 Å². The summed E-state index contributed by atoms with van der Waals surface area (Å²) in [6, 6.07) is 7.31. The van der Waals surface area contributed by atoms with Crippen molar-refractivity contribution >= 4 is 5.91 Å². The summed E-state index contributed by atoms with van der Waals surface area (Å²) in [4.78, 5) is 14.5. The molecule has 1 amide bonds. The predicted octanol–water partition coefficient (Wildman–Crippen LogP) is 1.92. The molecule has 1 aromatic heterocycles. The summed E-state index contributed by atoms with van der Waals surface area (Å²) in [5.74, 6) is 2.46. The van der Waals surface area contributed by atoms with Gasteiger partial charge in [-0.25, -0.2) is 0 Å². The van der Waals surface area contributed by atoms with Crippen molar-refractivity contribution in [3.05, 3.63) is 42.0 Å². The van der Waals surface area contributed by atoms with Gasteiger partial charge in [0.25, 0.3) is 5.91 Å². The van der Waals surface area contributed by atoms with Crippen LogP contribution in [0.3, 0.4) is 0 Å². The largest absolute Gasteiger partial charge is 0.497 e. The molecule has 0 N–H and O–H groups in total. The van der Waals surface area contributed by atoms with Gasteiger partial charge >= 0.3 is 0 Å². The molecule has 0 aliphatic carbocycles. The number of amides is 1. The summed E-state index contributed by atoms with van der Waals surface area (Å²) < 4.78 is 7.10. The molecule has 3 rings (SSSR count). The van der Waals surface area contributed by atoms with Gasteiger partial charge in [-0.05, 0) is 43.0 Å². The van der Waals surface area contributed by atoms with Crippen LogP contribution in [0.5, 0.6) is 5.75 Å². The highest BCUT2D eigenvalue weighted by Crippen LogP contribution is 2.22. The van der Waals surface area contributed by atoms with E-state index in [1.54, 1.807) is 13.4 Å². The van der Waals surface area contributed by atoms with Crippen molar-refractivity contribution in [2.24, 2.45) is 13.0 Å². The second-order valence-electron chi connectivity index (χ2n) is 6.03. The number of methoxy groups -OCH3 is 1. The van der Waals surface area contributed by atoms with Crippen LogP contribution in [0.2, 0.25) is 0 Å².